The van der Waals surface area contributed by atoms with Crippen LogP contribution in [0.1, 0.15) is 13.3 Å². The standard InChI is InChI=1S/C6H10NOS/c1-2-3-4-5(9)6(7)8/h2-3,5,7,9H,4H2,1H3/b3-2+. The smallest absolute Gasteiger partial charge is 0.251 e. The van der Waals surface area contributed by atoms with Crippen LogP contribution in [0.25, 0.3) is 0 Å². The van der Waals surface area contributed by atoms with Crippen molar-refractivity contribution < 1.29 is 4.79 Å². The molecule has 0 fully saturated rings. The molecule has 0 aromatic rings. The highest BCUT2D eigenvalue weighted by atomic mass is 32.1. The van der Waals surface area contributed by atoms with Gasteiger partial charge in [0.25, 0.3) is 5.91 Å². The molecule has 51 valence electrons. The van der Waals surface area contributed by atoms with E-state index in [0.29, 0.717) is 6.42 Å². The Morgan fingerprint density at radius 2 is 2.44 bits per heavy atom. The SMILES string of the molecule is C/C=C/CC(S)C([NH])=O. The molecule has 0 spiro atoms. The van der Waals surface area contributed by atoms with Crippen molar-refractivity contribution in [2.75, 3.05) is 0 Å². The van der Waals surface area contributed by atoms with Crippen molar-refractivity contribution in [1.82, 2.24) is 5.73 Å². The van der Waals surface area contributed by atoms with Gasteiger partial charge < -0.3 is 0 Å². The lowest BCUT2D eigenvalue weighted by atomic mass is 10.3. The Bertz CT molecular complexity index is 122. The Labute approximate surface area is 60.5 Å². The van der Waals surface area contributed by atoms with E-state index in [1.165, 1.54) is 0 Å². The molecule has 1 N–H and O–H groups in total. The molecule has 0 saturated carbocycles. The van der Waals surface area contributed by atoms with Gasteiger partial charge in [0.1, 0.15) is 0 Å². The number of rotatable bonds is 3. The van der Waals surface area contributed by atoms with Crippen LogP contribution in [0.2, 0.25) is 0 Å². The molecule has 2 nitrogen and oxygen atoms in total. The molecule has 1 atom stereocenters. The minimum Gasteiger partial charge on any atom is -0.272 e. The third-order valence-corrected chi connectivity index (χ3v) is 1.34. The molecule has 0 rings (SSSR count). The summed E-state index contributed by atoms with van der Waals surface area (Å²) in [6.07, 6.45) is 4.22. The van der Waals surface area contributed by atoms with Gasteiger partial charge >= 0.3 is 0 Å². The first-order valence-corrected chi connectivity index (χ1v) is 3.24. The monoisotopic (exact) mass is 144 g/mol. The Kier molecular flexibility index (Phi) is 4.22. The number of nitrogens with one attached hydrogen (secondary N) is 1. The minimum atomic E-state index is -0.614. The maximum atomic E-state index is 10.2. The van der Waals surface area contributed by atoms with Gasteiger partial charge in [0.05, 0.1) is 5.25 Å². The van der Waals surface area contributed by atoms with E-state index >= 15 is 0 Å². The summed E-state index contributed by atoms with van der Waals surface area (Å²) in [6.45, 7) is 1.87. The van der Waals surface area contributed by atoms with Crippen molar-refractivity contribution in [3.05, 3.63) is 12.2 Å². The summed E-state index contributed by atoms with van der Waals surface area (Å²) in [7, 11) is 0. The quantitative estimate of drug-likeness (QED) is 0.467. The Balaban J connectivity index is 3.50. The summed E-state index contributed by atoms with van der Waals surface area (Å²) in [4.78, 5) is 10.2. The summed E-state index contributed by atoms with van der Waals surface area (Å²) in [5.41, 5.74) is 6.61. The van der Waals surface area contributed by atoms with Crippen LogP contribution in [0.4, 0.5) is 0 Å². The fourth-order valence-corrected chi connectivity index (χ4v) is 0.494. The third kappa shape index (κ3) is 4.09. The molecular formula is C6H10NOS. The number of thiol groups is 1. The zero-order valence-electron chi connectivity index (χ0n) is 5.29. The fourth-order valence-electron chi connectivity index (χ4n) is 0.372. The van der Waals surface area contributed by atoms with Crippen LogP contribution in [0, 0.1) is 0 Å². The van der Waals surface area contributed by atoms with Gasteiger partial charge in [-0.25, -0.2) is 0 Å². The van der Waals surface area contributed by atoms with Crippen LogP contribution in [0.5, 0.6) is 0 Å². The summed E-state index contributed by atoms with van der Waals surface area (Å²) in [5.74, 6) is -0.614. The highest BCUT2D eigenvalue weighted by molar-refractivity contribution is 7.81. The van der Waals surface area contributed by atoms with Crippen LogP contribution in [0.15, 0.2) is 12.2 Å². The summed E-state index contributed by atoms with van der Waals surface area (Å²) >= 11 is 3.87. The third-order valence-electron chi connectivity index (χ3n) is 0.898. The fraction of sp³-hybridized carbons (Fsp3) is 0.500. The van der Waals surface area contributed by atoms with Gasteiger partial charge in [0.15, 0.2) is 0 Å². The van der Waals surface area contributed by atoms with E-state index < -0.39 is 11.2 Å². The van der Waals surface area contributed by atoms with Crippen LogP contribution >= 0.6 is 12.6 Å². The molecule has 0 aromatic carbocycles. The van der Waals surface area contributed by atoms with Crippen molar-refractivity contribution >= 4 is 18.5 Å². The lowest BCUT2D eigenvalue weighted by Crippen LogP contribution is -2.13. The van der Waals surface area contributed by atoms with E-state index in [-0.39, 0.29) is 0 Å². The lowest BCUT2D eigenvalue weighted by molar-refractivity contribution is -0.118. The first-order valence-electron chi connectivity index (χ1n) is 2.73. The van der Waals surface area contributed by atoms with Gasteiger partial charge in [-0.3, -0.25) is 10.5 Å². The van der Waals surface area contributed by atoms with Crippen LogP contribution < -0.4 is 5.73 Å². The molecule has 3 heteroatoms. The first kappa shape index (κ1) is 8.56. The van der Waals surface area contributed by atoms with E-state index in [2.05, 4.69) is 12.6 Å². The zero-order chi connectivity index (χ0) is 7.28. The second-order valence-electron chi connectivity index (χ2n) is 1.68. The molecule has 1 unspecified atom stereocenters. The number of allylic oxidation sites excluding steroid dienone is 2. The molecule has 0 aliphatic rings. The van der Waals surface area contributed by atoms with E-state index in [0.717, 1.165) is 0 Å². The topological polar surface area (TPSA) is 40.9 Å². The molecule has 0 saturated heterocycles. The highest BCUT2D eigenvalue weighted by Crippen LogP contribution is 2.00. The van der Waals surface area contributed by atoms with Gasteiger partial charge in [0.2, 0.25) is 0 Å². The maximum absolute atomic E-state index is 10.2. The Morgan fingerprint density at radius 3 is 2.78 bits per heavy atom. The first-order chi connectivity index (χ1) is 4.18. The van der Waals surface area contributed by atoms with Crippen LogP contribution in [0.3, 0.4) is 0 Å². The number of carbonyl (C=O) groups excluding carboxylic acids is 1. The predicted molar refractivity (Wildman–Crippen MR) is 40.3 cm³/mol. The highest BCUT2D eigenvalue weighted by Gasteiger charge is 2.06. The molecule has 0 bridgehead atoms. The Hall–Kier alpha value is -0.440. The van der Waals surface area contributed by atoms with E-state index in [9.17, 15) is 4.79 Å². The molecule has 0 aliphatic heterocycles. The molecule has 0 aromatic heterocycles. The van der Waals surface area contributed by atoms with E-state index in [1.54, 1.807) is 0 Å². The number of amides is 1. The summed E-state index contributed by atoms with van der Waals surface area (Å²) < 4.78 is 0. The summed E-state index contributed by atoms with van der Waals surface area (Å²) in [6, 6.07) is 0. The number of hydrogen-bond donors (Lipinski definition) is 1. The number of carbonyl (C=O) groups is 1. The largest absolute Gasteiger partial charge is 0.272 e. The van der Waals surface area contributed by atoms with Crippen molar-refractivity contribution in [2.45, 2.75) is 18.6 Å². The average Bonchev–Trinajstić information content (AvgIpc) is 1.82. The summed E-state index contributed by atoms with van der Waals surface area (Å²) in [5, 5.41) is -0.443. The van der Waals surface area contributed by atoms with Gasteiger partial charge in [0, 0.05) is 0 Å². The molecular weight excluding hydrogens is 134 g/mol. The van der Waals surface area contributed by atoms with Gasteiger partial charge in [-0.2, -0.15) is 12.6 Å². The van der Waals surface area contributed by atoms with Crippen molar-refractivity contribution in [3.8, 4) is 0 Å². The van der Waals surface area contributed by atoms with Crippen molar-refractivity contribution in [2.24, 2.45) is 0 Å². The van der Waals surface area contributed by atoms with Crippen molar-refractivity contribution in [3.63, 3.8) is 0 Å². The van der Waals surface area contributed by atoms with E-state index in [4.69, 9.17) is 5.73 Å². The predicted octanol–water partition coefficient (Wildman–Crippen LogP) is 1.06. The molecule has 0 heterocycles. The Morgan fingerprint density at radius 1 is 1.89 bits per heavy atom. The van der Waals surface area contributed by atoms with Crippen LogP contribution in [-0.2, 0) is 4.79 Å². The van der Waals surface area contributed by atoms with Gasteiger partial charge in [-0.1, -0.05) is 12.2 Å². The number of hydrogen-bond acceptors (Lipinski definition) is 2. The normalized spacial score (nSPS) is 14.0. The van der Waals surface area contributed by atoms with Crippen LogP contribution in [-0.4, -0.2) is 11.2 Å². The average molecular weight is 144 g/mol. The van der Waals surface area contributed by atoms with E-state index in [1.807, 2.05) is 19.1 Å². The zero-order valence-corrected chi connectivity index (χ0v) is 6.19. The maximum Gasteiger partial charge on any atom is 0.251 e. The molecule has 0 aliphatic carbocycles. The van der Waals surface area contributed by atoms with Gasteiger partial charge in [-0.15, -0.1) is 0 Å². The molecule has 1 radical (unpaired) electrons. The second-order valence-corrected chi connectivity index (χ2v) is 2.31. The molecule has 9 heavy (non-hydrogen) atoms. The van der Waals surface area contributed by atoms with Crippen molar-refractivity contribution in [1.29, 1.82) is 0 Å². The minimum absolute atomic E-state index is 0.443. The van der Waals surface area contributed by atoms with Gasteiger partial charge in [-0.05, 0) is 13.3 Å². The lowest BCUT2D eigenvalue weighted by Gasteiger charge is -1.97. The second kappa shape index (κ2) is 4.44. The molecule has 1 amide bonds.